The summed E-state index contributed by atoms with van der Waals surface area (Å²) in [6.45, 7) is 1.38. The Morgan fingerprint density at radius 2 is 2.05 bits per heavy atom. The summed E-state index contributed by atoms with van der Waals surface area (Å²) in [5, 5.41) is 0. The van der Waals surface area contributed by atoms with Crippen molar-refractivity contribution < 1.29 is 17.9 Å². The maximum Gasteiger partial charge on any atom is 0.417 e. The Morgan fingerprint density at radius 1 is 1.18 bits per heavy atom. The second kappa shape index (κ2) is 5.78. The molecule has 1 aliphatic rings. The lowest BCUT2D eigenvalue weighted by atomic mass is 10.3. The maximum absolute atomic E-state index is 12.5. The molecule has 1 unspecified atom stereocenters. The van der Waals surface area contributed by atoms with Crippen molar-refractivity contribution in [1.29, 1.82) is 0 Å². The smallest absolute Gasteiger partial charge is 0.417 e. The summed E-state index contributed by atoms with van der Waals surface area (Å²) >= 11 is 0. The van der Waals surface area contributed by atoms with E-state index in [-0.39, 0.29) is 12.0 Å². The first-order valence-corrected chi connectivity index (χ1v) is 6.73. The molecule has 0 bridgehead atoms. The third kappa shape index (κ3) is 3.26. The lowest BCUT2D eigenvalue weighted by Crippen LogP contribution is -2.25. The molecule has 8 heteroatoms. The number of aromatic nitrogens is 3. The van der Waals surface area contributed by atoms with Gasteiger partial charge in [-0.15, -0.1) is 0 Å². The lowest BCUT2D eigenvalue weighted by molar-refractivity contribution is -0.137. The van der Waals surface area contributed by atoms with Crippen molar-refractivity contribution in [1.82, 2.24) is 15.0 Å². The zero-order chi connectivity index (χ0) is 15.6. The van der Waals surface area contributed by atoms with Gasteiger partial charge in [-0.2, -0.15) is 13.2 Å². The van der Waals surface area contributed by atoms with Crippen molar-refractivity contribution >= 4 is 5.82 Å². The van der Waals surface area contributed by atoms with Crippen LogP contribution >= 0.6 is 0 Å². The number of anilines is 1. The van der Waals surface area contributed by atoms with Crippen molar-refractivity contribution in [2.75, 3.05) is 18.0 Å². The van der Waals surface area contributed by atoms with Crippen molar-refractivity contribution in [2.24, 2.45) is 0 Å². The van der Waals surface area contributed by atoms with Crippen LogP contribution in [0.4, 0.5) is 19.0 Å². The molecule has 1 saturated heterocycles. The van der Waals surface area contributed by atoms with Gasteiger partial charge in [0.1, 0.15) is 18.2 Å². The highest BCUT2D eigenvalue weighted by Crippen LogP contribution is 2.29. The average Bonchev–Trinajstić information content (AvgIpc) is 2.96. The summed E-state index contributed by atoms with van der Waals surface area (Å²) in [6.07, 6.45) is 0.163. The van der Waals surface area contributed by atoms with Gasteiger partial charge in [0, 0.05) is 31.4 Å². The van der Waals surface area contributed by atoms with Crippen LogP contribution in [0.15, 0.2) is 36.9 Å². The summed E-state index contributed by atoms with van der Waals surface area (Å²) in [4.78, 5) is 13.8. The van der Waals surface area contributed by atoms with Crippen molar-refractivity contribution in [3.8, 4) is 5.88 Å². The van der Waals surface area contributed by atoms with E-state index >= 15 is 0 Å². The quantitative estimate of drug-likeness (QED) is 0.872. The molecule has 0 N–H and O–H groups in total. The zero-order valence-electron chi connectivity index (χ0n) is 11.5. The predicted molar refractivity (Wildman–Crippen MR) is 72.5 cm³/mol. The van der Waals surface area contributed by atoms with Crippen LogP contribution in [0.2, 0.25) is 0 Å². The van der Waals surface area contributed by atoms with E-state index < -0.39 is 11.7 Å². The highest BCUT2D eigenvalue weighted by molar-refractivity contribution is 5.38. The molecule has 0 amide bonds. The summed E-state index contributed by atoms with van der Waals surface area (Å²) in [7, 11) is 0. The molecule has 22 heavy (non-hydrogen) atoms. The average molecular weight is 310 g/mol. The van der Waals surface area contributed by atoms with Gasteiger partial charge >= 0.3 is 6.18 Å². The number of ether oxygens (including phenoxy) is 1. The van der Waals surface area contributed by atoms with Crippen LogP contribution in [0.5, 0.6) is 5.88 Å². The van der Waals surface area contributed by atoms with Gasteiger partial charge < -0.3 is 9.64 Å². The van der Waals surface area contributed by atoms with Crippen molar-refractivity contribution in [3.63, 3.8) is 0 Å². The van der Waals surface area contributed by atoms with Crippen LogP contribution in [0.1, 0.15) is 12.0 Å². The highest BCUT2D eigenvalue weighted by Gasteiger charge is 2.31. The first-order valence-electron chi connectivity index (χ1n) is 6.73. The molecule has 116 valence electrons. The number of halogens is 3. The minimum atomic E-state index is -4.39. The summed E-state index contributed by atoms with van der Waals surface area (Å²) in [5.74, 6) is 1.00. The van der Waals surface area contributed by atoms with E-state index in [0.29, 0.717) is 6.54 Å². The lowest BCUT2D eigenvalue weighted by Gasteiger charge is -2.17. The fourth-order valence-electron chi connectivity index (χ4n) is 2.29. The number of hydrogen-bond donors (Lipinski definition) is 0. The first kappa shape index (κ1) is 14.6. The Hall–Kier alpha value is -2.38. The zero-order valence-corrected chi connectivity index (χ0v) is 11.5. The minimum absolute atomic E-state index is 0.126. The van der Waals surface area contributed by atoms with Gasteiger partial charge in [0.2, 0.25) is 5.88 Å². The highest BCUT2D eigenvalue weighted by atomic mass is 19.4. The number of alkyl halides is 3. The van der Waals surface area contributed by atoms with Gasteiger partial charge in [-0.1, -0.05) is 0 Å². The number of pyridine rings is 1. The number of nitrogens with zero attached hydrogens (tertiary/aromatic N) is 4. The number of hydrogen-bond acceptors (Lipinski definition) is 5. The molecule has 3 rings (SSSR count). The molecule has 5 nitrogen and oxygen atoms in total. The molecule has 0 aromatic carbocycles. The molecular weight excluding hydrogens is 297 g/mol. The standard InChI is InChI=1S/C14H13F3N4O/c15-14(16,17)10-1-2-13(19-7-10)22-11-4-6-21(8-11)12-3-5-18-9-20-12/h1-3,5,7,9,11H,4,6,8H2. The van der Waals surface area contributed by atoms with Gasteiger partial charge in [0.25, 0.3) is 0 Å². The monoisotopic (exact) mass is 310 g/mol. The second-order valence-electron chi connectivity index (χ2n) is 4.92. The third-order valence-corrected chi connectivity index (χ3v) is 3.39. The molecule has 0 saturated carbocycles. The Labute approximate surface area is 124 Å². The molecule has 0 aliphatic carbocycles. The molecule has 1 atom stereocenters. The maximum atomic E-state index is 12.5. The van der Waals surface area contributed by atoms with Gasteiger partial charge in [-0.25, -0.2) is 15.0 Å². The van der Waals surface area contributed by atoms with Crippen molar-refractivity contribution in [3.05, 3.63) is 42.5 Å². The van der Waals surface area contributed by atoms with Gasteiger partial charge in [-0.3, -0.25) is 0 Å². The van der Waals surface area contributed by atoms with Crippen LogP contribution in [0, 0.1) is 0 Å². The van der Waals surface area contributed by atoms with E-state index in [4.69, 9.17) is 4.74 Å². The van der Waals surface area contributed by atoms with Crippen LogP contribution in [-0.2, 0) is 6.18 Å². The fraction of sp³-hybridized carbons (Fsp3) is 0.357. The molecule has 0 spiro atoms. The van der Waals surface area contributed by atoms with Gasteiger partial charge in [0.05, 0.1) is 12.1 Å². The van der Waals surface area contributed by atoms with Gasteiger partial charge in [-0.05, 0) is 12.1 Å². The molecule has 2 aromatic rings. The number of rotatable bonds is 3. The molecule has 1 fully saturated rings. The van der Waals surface area contributed by atoms with Crippen LogP contribution < -0.4 is 9.64 Å². The van der Waals surface area contributed by atoms with Crippen molar-refractivity contribution in [2.45, 2.75) is 18.7 Å². The van der Waals surface area contributed by atoms with Gasteiger partial charge in [0.15, 0.2) is 0 Å². The van der Waals surface area contributed by atoms with E-state index in [1.807, 2.05) is 4.90 Å². The molecule has 3 heterocycles. The van der Waals surface area contributed by atoms with E-state index in [1.165, 1.54) is 12.4 Å². The fourth-order valence-corrected chi connectivity index (χ4v) is 2.29. The minimum Gasteiger partial charge on any atom is -0.472 e. The first-order chi connectivity index (χ1) is 10.5. The summed E-state index contributed by atoms with van der Waals surface area (Å²) < 4.78 is 43.0. The Balaban J connectivity index is 1.61. The molecular formula is C14H13F3N4O. The van der Waals surface area contributed by atoms with Crippen LogP contribution in [0.3, 0.4) is 0 Å². The third-order valence-electron chi connectivity index (χ3n) is 3.39. The molecule has 1 aliphatic heterocycles. The second-order valence-corrected chi connectivity index (χ2v) is 4.92. The largest absolute Gasteiger partial charge is 0.472 e. The van der Waals surface area contributed by atoms with E-state index in [0.717, 1.165) is 31.0 Å². The normalized spacial score (nSPS) is 18.5. The van der Waals surface area contributed by atoms with E-state index in [1.54, 1.807) is 12.3 Å². The molecule has 0 radical (unpaired) electrons. The Morgan fingerprint density at radius 3 is 2.68 bits per heavy atom. The van der Waals surface area contributed by atoms with E-state index in [9.17, 15) is 13.2 Å². The Kier molecular flexibility index (Phi) is 3.82. The topological polar surface area (TPSA) is 51.1 Å². The SMILES string of the molecule is FC(F)(F)c1ccc(OC2CCN(c3ccncn3)C2)nc1. The van der Waals surface area contributed by atoms with E-state index in [2.05, 4.69) is 15.0 Å². The molecule has 2 aromatic heterocycles. The summed E-state index contributed by atoms with van der Waals surface area (Å²) in [6, 6.07) is 4.02. The van der Waals surface area contributed by atoms with Crippen LogP contribution in [0.25, 0.3) is 0 Å². The predicted octanol–water partition coefficient (Wildman–Crippen LogP) is 2.55. The Bertz CT molecular complexity index is 618. The van der Waals surface area contributed by atoms with Crippen LogP contribution in [-0.4, -0.2) is 34.1 Å². The summed E-state index contributed by atoms with van der Waals surface area (Å²) in [5.41, 5.74) is -0.783.